The summed E-state index contributed by atoms with van der Waals surface area (Å²) < 4.78 is 0. The maximum atomic E-state index is 12.0. The van der Waals surface area contributed by atoms with E-state index in [0.29, 0.717) is 6.42 Å². The topological polar surface area (TPSA) is 113 Å². The molecule has 0 fully saturated rings. The van der Waals surface area contributed by atoms with Crippen LogP contribution < -0.4 is 10.6 Å². The van der Waals surface area contributed by atoms with Gasteiger partial charge in [-0.3, -0.25) is 14.4 Å². The molecule has 0 radical (unpaired) electrons. The molecule has 142 valence electrons. The molecule has 1 aromatic carbocycles. The van der Waals surface area contributed by atoms with Crippen molar-refractivity contribution in [2.75, 3.05) is 0 Å². The highest BCUT2D eigenvalue weighted by atomic mass is 16.4. The fraction of sp³-hybridized carbons (Fsp3) is 0.474. The molecular weight excluding hydrogens is 336 g/mol. The third-order valence-electron chi connectivity index (χ3n) is 4.00. The van der Waals surface area contributed by atoms with Crippen LogP contribution in [0.3, 0.4) is 0 Å². The van der Waals surface area contributed by atoms with E-state index in [9.17, 15) is 19.2 Å². The lowest BCUT2D eigenvalue weighted by Gasteiger charge is -2.15. The second-order valence-corrected chi connectivity index (χ2v) is 6.09. The highest BCUT2D eigenvalue weighted by molar-refractivity contribution is 5.87. The van der Waals surface area contributed by atoms with E-state index in [4.69, 9.17) is 5.11 Å². The molecule has 7 heteroatoms. The molecule has 0 aliphatic heterocycles. The van der Waals surface area contributed by atoms with Crippen molar-refractivity contribution in [3.63, 3.8) is 0 Å². The standard InChI is InChI=1S/C19H26N2O5/c1-3-15(22)9-10-16(19(25)26)21-18(24)12-11-17(23)20-13(2)14-7-5-4-6-8-14/h4-8,13,16H,3,9-12H2,1-2H3,(H,20,23)(H,21,24)(H,25,26)/t13-,16-/m1/s1. The van der Waals surface area contributed by atoms with E-state index in [1.165, 1.54) is 0 Å². The number of carbonyl (C=O) groups excluding carboxylic acids is 3. The lowest BCUT2D eigenvalue weighted by Crippen LogP contribution is -2.41. The fourth-order valence-corrected chi connectivity index (χ4v) is 2.37. The summed E-state index contributed by atoms with van der Waals surface area (Å²) in [6, 6.07) is 8.12. The molecule has 7 nitrogen and oxygen atoms in total. The lowest BCUT2D eigenvalue weighted by molar-refractivity contribution is -0.142. The van der Waals surface area contributed by atoms with Gasteiger partial charge in [0.1, 0.15) is 11.8 Å². The summed E-state index contributed by atoms with van der Waals surface area (Å²) in [7, 11) is 0. The number of carbonyl (C=O) groups is 4. The zero-order valence-electron chi connectivity index (χ0n) is 15.2. The van der Waals surface area contributed by atoms with Crippen LogP contribution in [0.2, 0.25) is 0 Å². The van der Waals surface area contributed by atoms with Gasteiger partial charge >= 0.3 is 5.97 Å². The summed E-state index contributed by atoms with van der Waals surface area (Å²) in [4.78, 5) is 46.3. The first kappa shape index (κ1) is 21.3. The predicted octanol–water partition coefficient (Wildman–Crippen LogP) is 1.97. The summed E-state index contributed by atoms with van der Waals surface area (Å²) in [5, 5.41) is 14.3. The Hall–Kier alpha value is -2.70. The van der Waals surface area contributed by atoms with E-state index in [1.54, 1.807) is 6.92 Å². The van der Waals surface area contributed by atoms with Crippen molar-refractivity contribution in [1.29, 1.82) is 0 Å². The largest absolute Gasteiger partial charge is 0.480 e. The van der Waals surface area contributed by atoms with Gasteiger partial charge in [-0.15, -0.1) is 0 Å². The molecule has 1 rings (SSSR count). The molecule has 0 spiro atoms. The zero-order valence-corrected chi connectivity index (χ0v) is 15.2. The zero-order chi connectivity index (χ0) is 19.5. The fourth-order valence-electron chi connectivity index (χ4n) is 2.37. The van der Waals surface area contributed by atoms with E-state index in [2.05, 4.69) is 10.6 Å². The summed E-state index contributed by atoms with van der Waals surface area (Å²) in [6.45, 7) is 3.55. The van der Waals surface area contributed by atoms with Gasteiger partial charge < -0.3 is 15.7 Å². The maximum absolute atomic E-state index is 12.0. The van der Waals surface area contributed by atoms with Crippen LogP contribution in [-0.2, 0) is 19.2 Å². The van der Waals surface area contributed by atoms with Gasteiger partial charge in [0.2, 0.25) is 11.8 Å². The van der Waals surface area contributed by atoms with E-state index < -0.39 is 17.9 Å². The second-order valence-electron chi connectivity index (χ2n) is 6.09. The molecule has 0 saturated heterocycles. The van der Waals surface area contributed by atoms with E-state index in [0.717, 1.165) is 5.56 Å². The van der Waals surface area contributed by atoms with Crippen molar-refractivity contribution in [2.45, 2.75) is 58.0 Å². The number of rotatable bonds is 11. The summed E-state index contributed by atoms with van der Waals surface area (Å²) in [6.07, 6.45) is 0.329. The Morgan fingerprint density at radius 3 is 2.08 bits per heavy atom. The van der Waals surface area contributed by atoms with Gasteiger partial charge in [0, 0.05) is 25.7 Å². The Morgan fingerprint density at radius 2 is 1.54 bits per heavy atom. The SMILES string of the molecule is CCC(=O)CC[C@@H](NC(=O)CCC(=O)N[C@H](C)c1ccccc1)C(=O)O. The van der Waals surface area contributed by atoms with Crippen LogP contribution >= 0.6 is 0 Å². The quantitative estimate of drug-likeness (QED) is 0.557. The molecule has 0 heterocycles. The normalized spacial score (nSPS) is 12.7. The Morgan fingerprint density at radius 1 is 0.962 bits per heavy atom. The number of aliphatic carboxylic acids is 1. The van der Waals surface area contributed by atoms with Crippen LogP contribution in [0.15, 0.2) is 30.3 Å². The van der Waals surface area contributed by atoms with Crippen molar-refractivity contribution in [1.82, 2.24) is 10.6 Å². The third-order valence-corrected chi connectivity index (χ3v) is 4.00. The third kappa shape index (κ3) is 7.92. The number of nitrogens with one attached hydrogen (secondary N) is 2. The molecule has 0 saturated carbocycles. The minimum absolute atomic E-state index is 0.0385. The van der Waals surface area contributed by atoms with Crippen LogP contribution in [0.25, 0.3) is 0 Å². The molecule has 26 heavy (non-hydrogen) atoms. The Labute approximate surface area is 153 Å². The Kier molecular flexibility index (Phi) is 9.05. The number of amides is 2. The van der Waals surface area contributed by atoms with E-state index in [1.807, 2.05) is 37.3 Å². The van der Waals surface area contributed by atoms with Crippen LogP contribution in [0, 0.1) is 0 Å². The number of benzene rings is 1. The van der Waals surface area contributed by atoms with Crippen molar-refractivity contribution in [3.05, 3.63) is 35.9 Å². The first-order chi connectivity index (χ1) is 12.3. The van der Waals surface area contributed by atoms with Crippen LogP contribution in [0.1, 0.15) is 57.6 Å². The van der Waals surface area contributed by atoms with Crippen molar-refractivity contribution in [3.8, 4) is 0 Å². The van der Waals surface area contributed by atoms with Crippen molar-refractivity contribution >= 4 is 23.6 Å². The van der Waals surface area contributed by atoms with Gasteiger partial charge in [0.25, 0.3) is 0 Å². The van der Waals surface area contributed by atoms with Gasteiger partial charge in [-0.05, 0) is 18.9 Å². The average molecular weight is 362 g/mol. The van der Waals surface area contributed by atoms with Crippen LogP contribution in [0.4, 0.5) is 0 Å². The molecule has 0 aliphatic carbocycles. The summed E-state index contributed by atoms with van der Waals surface area (Å²) in [5.41, 5.74) is 0.955. The number of hydrogen-bond acceptors (Lipinski definition) is 4. The first-order valence-corrected chi connectivity index (χ1v) is 8.71. The monoisotopic (exact) mass is 362 g/mol. The molecule has 0 aliphatic rings. The maximum Gasteiger partial charge on any atom is 0.326 e. The number of Topliss-reactive ketones (excluding diaryl/α,β-unsaturated/α-hetero) is 1. The van der Waals surface area contributed by atoms with Gasteiger partial charge in [-0.1, -0.05) is 37.3 Å². The van der Waals surface area contributed by atoms with Crippen LogP contribution in [-0.4, -0.2) is 34.7 Å². The molecule has 0 bridgehead atoms. The Bertz CT molecular complexity index is 630. The molecule has 3 N–H and O–H groups in total. The molecule has 0 aromatic heterocycles. The lowest BCUT2D eigenvalue weighted by atomic mass is 10.1. The van der Waals surface area contributed by atoms with Gasteiger partial charge in [0.05, 0.1) is 6.04 Å². The van der Waals surface area contributed by atoms with Crippen molar-refractivity contribution < 1.29 is 24.3 Å². The number of hydrogen-bond donors (Lipinski definition) is 3. The highest BCUT2D eigenvalue weighted by Gasteiger charge is 2.21. The predicted molar refractivity (Wildman–Crippen MR) is 96.3 cm³/mol. The molecule has 1 aromatic rings. The number of carboxylic acid groups (broad SMARTS) is 1. The smallest absolute Gasteiger partial charge is 0.326 e. The van der Waals surface area contributed by atoms with Gasteiger partial charge in [0.15, 0.2) is 0 Å². The minimum Gasteiger partial charge on any atom is -0.480 e. The highest BCUT2D eigenvalue weighted by Crippen LogP contribution is 2.11. The van der Waals surface area contributed by atoms with E-state index >= 15 is 0 Å². The van der Waals surface area contributed by atoms with Crippen LogP contribution in [0.5, 0.6) is 0 Å². The first-order valence-electron chi connectivity index (χ1n) is 8.71. The van der Waals surface area contributed by atoms with Gasteiger partial charge in [-0.2, -0.15) is 0 Å². The molecule has 2 atom stereocenters. The summed E-state index contributed by atoms with van der Waals surface area (Å²) >= 11 is 0. The summed E-state index contributed by atoms with van der Waals surface area (Å²) in [5.74, 6) is -2.06. The average Bonchev–Trinajstić information content (AvgIpc) is 2.63. The molecule has 0 unspecified atom stereocenters. The van der Waals surface area contributed by atoms with E-state index in [-0.39, 0.29) is 43.4 Å². The van der Waals surface area contributed by atoms with Gasteiger partial charge in [-0.25, -0.2) is 4.79 Å². The minimum atomic E-state index is -1.19. The Balaban J connectivity index is 2.40. The second kappa shape index (κ2) is 11.0. The number of ketones is 1. The number of carboxylic acids is 1. The molecular formula is C19H26N2O5. The molecule has 2 amide bonds. The van der Waals surface area contributed by atoms with Crippen molar-refractivity contribution in [2.24, 2.45) is 0 Å².